The average molecular weight is 255 g/mol. The topological polar surface area (TPSA) is 61.9 Å². The van der Waals surface area contributed by atoms with Crippen LogP contribution in [-0.2, 0) is 9.53 Å². The van der Waals surface area contributed by atoms with Gasteiger partial charge in [0.25, 0.3) is 0 Å². The SMILES string of the molecule is CNCC1CCN(CC(=O)N2CCOC2=O)CC1. The monoisotopic (exact) mass is 255 g/mol. The van der Waals surface area contributed by atoms with Crippen molar-refractivity contribution in [2.24, 2.45) is 5.92 Å². The van der Waals surface area contributed by atoms with Crippen molar-refractivity contribution in [3.05, 3.63) is 0 Å². The molecule has 0 unspecified atom stereocenters. The van der Waals surface area contributed by atoms with Crippen LogP contribution >= 0.6 is 0 Å². The van der Waals surface area contributed by atoms with E-state index < -0.39 is 6.09 Å². The lowest BCUT2D eigenvalue weighted by Crippen LogP contribution is -2.44. The Morgan fingerprint density at radius 1 is 1.39 bits per heavy atom. The highest BCUT2D eigenvalue weighted by atomic mass is 16.6. The first-order valence-electron chi connectivity index (χ1n) is 6.55. The molecule has 0 aliphatic carbocycles. The Kier molecular flexibility index (Phi) is 4.54. The lowest BCUT2D eigenvalue weighted by Gasteiger charge is -2.31. The van der Waals surface area contributed by atoms with E-state index in [2.05, 4.69) is 10.2 Å². The van der Waals surface area contributed by atoms with E-state index in [1.54, 1.807) is 0 Å². The molecular weight excluding hydrogens is 234 g/mol. The number of rotatable bonds is 4. The summed E-state index contributed by atoms with van der Waals surface area (Å²) in [4.78, 5) is 26.5. The molecule has 0 bridgehead atoms. The first kappa shape index (κ1) is 13.3. The average Bonchev–Trinajstić information content (AvgIpc) is 2.78. The molecule has 1 N–H and O–H groups in total. The van der Waals surface area contributed by atoms with Gasteiger partial charge in [-0.05, 0) is 45.4 Å². The van der Waals surface area contributed by atoms with Gasteiger partial charge >= 0.3 is 6.09 Å². The van der Waals surface area contributed by atoms with Crippen molar-refractivity contribution < 1.29 is 14.3 Å². The van der Waals surface area contributed by atoms with Gasteiger partial charge < -0.3 is 10.1 Å². The molecule has 0 aromatic rings. The van der Waals surface area contributed by atoms with Gasteiger partial charge in [-0.3, -0.25) is 9.69 Å². The van der Waals surface area contributed by atoms with Crippen LogP contribution in [0.15, 0.2) is 0 Å². The van der Waals surface area contributed by atoms with Gasteiger partial charge in [0.1, 0.15) is 6.61 Å². The van der Waals surface area contributed by atoms with Crippen molar-refractivity contribution in [1.82, 2.24) is 15.1 Å². The molecule has 2 rings (SSSR count). The van der Waals surface area contributed by atoms with Crippen LogP contribution in [0.5, 0.6) is 0 Å². The molecule has 0 radical (unpaired) electrons. The molecule has 2 heterocycles. The number of imide groups is 1. The number of hydrogen-bond acceptors (Lipinski definition) is 5. The maximum Gasteiger partial charge on any atom is 0.416 e. The third-order valence-corrected chi connectivity index (χ3v) is 3.62. The third kappa shape index (κ3) is 3.20. The highest BCUT2D eigenvalue weighted by molar-refractivity contribution is 5.94. The van der Waals surface area contributed by atoms with Crippen molar-refractivity contribution in [1.29, 1.82) is 0 Å². The second-order valence-corrected chi connectivity index (χ2v) is 4.94. The minimum atomic E-state index is -0.495. The second-order valence-electron chi connectivity index (χ2n) is 4.94. The van der Waals surface area contributed by atoms with Gasteiger partial charge in [0.15, 0.2) is 0 Å². The Balaban J connectivity index is 1.74. The Hall–Kier alpha value is -1.14. The van der Waals surface area contributed by atoms with Gasteiger partial charge in [-0.1, -0.05) is 0 Å². The van der Waals surface area contributed by atoms with Gasteiger partial charge in [-0.2, -0.15) is 0 Å². The van der Waals surface area contributed by atoms with Crippen LogP contribution < -0.4 is 5.32 Å². The number of nitrogens with zero attached hydrogens (tertiary/aromatic N) is 2. The number of ether oxygens (including phenoxy) is 1. The molecule has 0 saturated carbocycles. The fraction of sp³-hybridized carbons (Fsp3) is 0.833. The van der Waals surface area contributed by atoms with E-state index in [0.717, 1.165) is 32.5 Å². The highest BCUT2D eigenvalue weighted by Gasteiger charge is 2.30. The van der Waals surface area contributed by atoms with E-state index in [4.69, 9.17) is 4.74 Å². The first-order valence-corrected chi connectivity index (χ1v) is 6.55. The molecule has 2 saturated heterocycles. The third-order valence-electron chi connectivity index (χ3n) is 3.62. The minimum Gasteiger partial charge on any atom is -0.447 e. The Morgan fingerprint density at radius 2 is 2.11 bits per heavy atom. The van der Waals surface area contributed by atoms with E-state index in [1.807, 2.05) is 7.05 Å². The molecule has 0 aromatic heterocycles. The summed E-state index contributed by atoms with van der Waals surface area (Å²) in [5.74, 6) is 0.572. The molecule has 2 aliphatic heterocycles. The van der Waals surface area contributed by atoms with Crippen molar-refractivity contribution in [3.8, 4) is 0 Å². The van der Waals surface area contributed by atoms with Gasteiger partial charge in [-0.15, -0.1) is 0 Å². The maximum absolute atomic E-state index is 11.9. The van der Waals surface area contributed by atoms with Gasteiger partial charge in [0.2, 0.25) is 5.91 Å². The fourth-order valence-corrected chi connectivity index (χ4v) is 2.53. The number of carbonyl (C=O) groups excluding carboxylic acids is 2. The zero-order chi connectivity index (χ0) is 13.0. The smallest absolute Gasteiger partial charge is 0.416 e. The zero-order valence-corrected chi connectivity index (χ0v) is 10.9. The fourth-order valence-electron chi connectivity index (χ4n) is 2.53. The summed E-state index contributed by atoms with van der Waals surface area (Å²) in [6.07, 6.45) is 1.72. The summed E-state index contributed by atoms with van der Waals surface area (Å²) in [6.45, 7) is 3.96. The minimum absolute atomic E-state index is 0.135. The van der Waals surface area contributed by atoms with E-state index in [1.165, 1.54) is 4.90 Å². The molecule has 0 atom stereocenters. The Labute approximate surface area is 107 Å². The van der Waals surface area contributed by atoms with E-state index >= 15 is 0 Å². The molecule has 2 fully saturated rings. The number of carbonyl (C=O) groups is 2. The van der Waals surface area contributed by atoms with Crippen molar-refractivity contribution in [2.75, 3.05) is 46.4 Å². The molecule has 0 spiro atoms. The molecule has 6 nitrogen and oxygen atoms in total. The summed E-state index contributed by atoms with van der Waals surface area (Å²) in [7, 11) is 1.97. The summed E-state index contributed by atoms with van der Waals surface area (Å²) in [5.41, 5.74) is 0. The zero-order valence-electron chi connectivity index (χ0n) is 10.9. The standard InChI is InChI=1S/C12H21N3O3/c1-13-8-10-2-4-14(5-3-10)9-11(16)15-6-7-18-12(15)17/h10,13H,2-9H2,1H3. The Bertz CT molecular complexity index is 314. The van der Waals surface area contributed by atoms with Crippen LogP contribution in [0, 0.1) is 5.92 Å². The van der Waals surface area contributed by atoms with Crippen molar-refractivity contribution in [3.63, 3.8) is 0 Å². The maximum atomic E-state index is 11.9. The summed E-state index contributed by atoms with van der Waals surface area (Å²) in [6, 6.07) is 0. The van der Waals surface area contributed by atoms with Crippen LogP contribution in [0.25, 0.3) is 0 Å². The van der Waals surface area contributed by atoms with Crippen LogP contribution in [-0.4, -0.2) is 68.2 Å². The van der Waals surface area contributed by atoms with Crippen LogP contribution in [0.2, 0.25) is 0 Å². The van der Waals surface area contributed by atoms with E-state index in [-0.39, 0.29) is 5.91 Å². The number of likely N-dealkylation sites (tertiary alicyclic amines) is 1. The van der Waals surface area contributed by atoms with E-state index in [0.29, 0.717) is 25.6 Å². The lowest BCUT2D eigenvalue weighted by molar-refractivity contribution is -0.129. The molecule has 0 aromatic carbocycles. The number of amides is 2. The quantitative estimate of drug-likeness (QED) is 0.760. The van der Waals surface area contributed by atoms with Gasteiger partial charge in [-0.25, -0.2) is 9.69 Å². The summed E-state index contributed by atoms with van der Waals surface area (Å²) in [5, 5.41) is 3.19. The molecular formula is C12H21N3O3. The van der Waals surface area contributed by atoms with Crippen molar-refractivity contribution >= 4 is 12.0 Å². The van der Waals surface area contributed by atoms with Crippen LogP contribution in [0.1, 0.15) is 12.8 Å². The molecule has 6 heteroatoms. The largest absolute Gasteiger partial charge is 0.447 e. The molecule has 18 heavy (non-hydrogen) atoms. The summed E-state index contributed by atoms with van der Waals surface area (Å²) >= 11 is 0. The van der Waals surface area contributed by atoms with Crippen LogP contribution in [0.4, 0.5) is 4.79 Å². The second kappa shape index (κ2) is 6.15. The molecule has 2 amide bonds. The normalized spacial score (nSPS) is 22.3. The van der Waals surface area contributed by atoms with E-state index in [9.17, 15) is 9.59 Å². The lowest BCUT2D eigenvalue weighted by atomic mass is 9.97. The molecule has 102 valence electrons. The predicted molar refractivity (Wildman–Crippen MR) is 66.2 cm³/mol. The predicted octanol–water partition coefficient (Wildman–Crippen LogP) is -0.103. The number of piperidine rings is 1. The number of hydrogen-bond donors (Lipinski definition) is 1. The summed E-state index contributed by atoms with van der Waals surface area (Å²) < 4.78 is 4.76. The van der Waals surface area contributed by atoms with Gasteiger partial charge in [0.05, 0.1) is 13.1 Å². The first-order chi connectivity index (χ1) is 8.70. The van der Waals surface area contributed by atoms with Crippen molar-refractivity contribution in [2.45, 2.75) is 12.8 Å². The Morgan fingerprint density at radius 3 is 2.67 bits per heavy atom. The highest BCUT2D eigenvalue weighted by Crippen LogP contribution is 2.16. The van der Waals surface area contributed by atoms with Crippen LogP contribution in [0.3, 0.4) is 0 Å². The molecule has 2 aliphatic rings. The number of cyclic esters (lactones) is 1. The number of nitrogens with one attached hydrogen (secondary N) is 1. The van der Waals surface area contributed by atoms with Gasteiger partial charge in [0, 0.05) is 0 Å².